The minimum atomic E-state index is -1.66. The zero-order chi connectivity index (χ0) is 26.0. The first kappa shape index (κ1) is 27.8. The van der Waals surface area contributed by atoms with Gasteiger partial charge in [-0.25, -0.2) is 4.79 Å². The Labute approximate surface area is 194 Å². The van der Waals surface area contributed by atoms with E-state index in [1.165, 1.54) is 31.2 Å². The van der Waals surface area contributed by atoms with Gasteiger partial charge in [0.05, 0.1) is 18.9 Å². The van der Waals surface area contributed by atoms with Gasteiger partial charge in [0.25, 0.3) is 0 Å². The Morgan fingerprint density at radius 3 is 1.71 bits per heavy atom. The number of rotatable bonds is 13. The molecule has 11 N–H and O–H groups in total. The molecule has 0 aliphatic carbocycles. The Morgan fingerprint density at radius 2 is 1.24 bits per heavy atom. The normalized spacial score (nSPS) is 14.1. The number of nitrogens with one attached hydrogen (secondary N) is 3. The van der Waals surface area contributed by atoms with E-state index in [4.69, 9.17) is 17.2 Å². The zero-order valence-electron chi connectivity index (χ0n) is 18.3. The molecule has 0 bridgehead atoms. The van der Waals surface area contributed by atoms with Gasteiger partial charge < -0.3 is 43.4 Å². The molecule has 0 aliphatic rings. The number of aromatic hydroxyl groups is 1. The molecule has 1 rings (SSSR count). The van der Waals surface area contributed by atoms with E-state index >= 15 is 0 Å². The fraction of sp³-hybridized carbons (Fsp3) is 0.400. The average Bonchev–Trinajstić information content (AvgIpc) is 2.72. The first-order valence-electron chi connectivity index (χ1n) is 10.0. The van der Waals surface area contributed by atoms with Crippen molar-refractivity contribution in [3.8, 4) is 5.75 Å². The molecule has 0 radical (unpaired) electrons. The quantitative estimate of drug-likeness (QED) is 0.139. The maximum Gasteiger partial charge on any atom is 0.326 e. The number of hydrogen-bond donors (Lipinski definition) is 8. The predicted molar refractivity (Wildman–Crippen MR) is 117 cm³/mol. The lowest BCUT2D eigenvalue weighted by Crippen LogP contribution is -2.58. The van der Waals surface area contributed by atoms with Crippen LogP contribution in [0.3, 0.4) is 0 Å². The Bertz CT molecular complexity index is 933. The number of benzene rings is 1. The molecule has 0 fully saturated rings. The fourth-order valence-corrected chi connectivity index (χ4v) is 2.74. The number of carboxylic acid groups (broad SMARTS) is 1. The number of aliphatic carboxylic acids is 1. The van der Waals surface area contributed by atoms with Gasteiger partial charge in [-0.15, -0.1) is 0 Å². The van der Waals surface area contributed by atoms with Crippen molar-refractivity contribution in [1.29, 1.82) is 0 Å². The highest BCUT2D eigenvalue weighted by Gasteiger charge is 2.31. The summed E-state index contributed by atoms with van der Waals surface area (Å²) in [5.74, 6) is -6.18. The maximum atomic E-state index is 12.8. The monoisotopic (exact) mass is 480 g/mol. The topological polar surface area (TPSA) is 257 Å². The van der Waals surface area contributed by atoms with Crippen LogP contribution >= 0.6 is 0 Å². The third-order valence-electron chi connectivity index (χ3n) is 4.48. The highest BCUT2D eigenvalue weighted by molar-refractivity contribution is 5.96. The number of primary amides is 2. The molecule has 4 atom stereocenters. The largest absolute Gasteiger partial charge is 0.508 e. The molecule has 14 heteroatoms. The van der Waals surface area contributed by atoms with Gasteiger partial charge in [0.2, 0.25) is 29.5 Å². The van der Waals surface area contributed by atoms with Crippen LogP contribution in [-0.4, -0.2) is 69.9 Å². The van der Waals surface area contributed by atoms with Gasteiger partial charge in [-0.05, 0) is 24.6 Å². The van der Waals surface area contributed by atoms with Gasteiger partial charge in [-0.1, -0.05) is 12.1 Å². The van der Waals surface area contributed by atoms with Crippen molar-refractivity contribution < 1.29 is 39.0 Å². The molecule has 186 valence electrons. The molecule has 14 nitrogen and oxygen atoms in total. The van der Waals surface area contributed by atoms with Crippen LogP contribution < -0.4 is 33.2 Å². The smallest absolute Gasteiger partial charge is 0.326 e. The Morgan fingerprint density at radius 1 is 0.794 bits per heavy atom. The lowest BCUT2D eigenvalue weighted by Gasteiger charge is -2.24. The second-order valence-corrected chi connectivity index (χ2v) is 7.52. The molecular weight excluding hydrogens is 452 g/mol. The summed E-state index contributed by atoms with van der Waals surface area (Å²) < 4.78 is 0. The number of nitrogens with two attached hydrogens (primary N) is 3. The van der Waals surface area contributed by atoms with E-state index < -0.39 is 72.5 Å². The van der Waals surface area contributed by atoms with E-state index in [0.717, 1.165) is 0 Å². The highest BCUT2D eigenvalue weighted by atomic mass is 16.4. The molecule has 4 unspecified atom stereocenters. The van der Waals surface area contributed by atoms with Crippen molar-refractivity contribution in [3.05, 3.63) is 29.8 Å². The Balaban J connectivity index is 3.17. The number of phenolic OH excluding ortho intramolecular Hbond substituents is 1. The molecule has 0 saturated carbocycles. The molecule has 0 spiro atoms. The average molecular weight is 480 g/mol. The van der Waals surface area contributed by atoms with Gasteiger partial charge in [0.1, 0.15) is 23.9 Å². The Hall–Kier alpha value is -4.20. The van der Waals surface area contributed by atoms with Crippen molar-refractivity contribution in [2.75, 3.05) is 0 Å². The molecule has 0 aliphatic heterocycles. The van der Waals surface area contributed by atoms with Crippen LogP contribution in [0.2, 0.25) is 0 Å². The fourth-order valence-electron chi connectivity index (χ4n) is 2.74. The van der Waals surface area contributed by atoms with E-state index in [1.807, 2.05) is 0 Å². The third kappa shape index (κ3) is 9.52. The van der Waals surface area contributed by atoms with Crippen molar-refractivity contribution in [3.63, 3.8) is 0 Å². The number of phenols is 1. The van der Waals surface area contributed by atoms with E-state index in [2.05, 4.69) is 16.0 Å². The number of carboxylic acids is 1. The first-order chi connectivity index (χ1) is 15.8. The second kappa shape index (κ2) is 12.7. The molecule has 1 aromatic carbocycles. The molecule has 34 heavy (non-hydrogen) atoms. The van der Waals surface area contributed by atoms with Gasteiger partial charge in [-0.3, -0.25) is 24.0 Å². The summed E-state index contributed by atoms with van der Waals surface area (Å²) in [6, 6.07) is 0.0296. The lowest BCUT2D eigenvalue weighted by molar-refractivity contribution is -0.143. The number of amides is 5. The van der Waals surface area contributed by atoms with Gasteiger partial charge >= 0.3 is 5.97 Å². The summed E-state index contributed by atoms with van der Waals surface area (Å²) in [4.78, 5) is 71.5. The molecule has 0 aromatic heterocycles. The summed E-state index contributed by atoms with van der Waals surface area (Å²) in [6.07, 6.45) is -1.47. The molecule has 5 amide bonds. The van der Waals surface area contributed by atoms with E-state index in [-0.39, 0.29) is 12.2 Å². The van der Waals surface area contributed by atoms with Crippen LogP contribution in [0.15, 0.2) is 24.3 Å². The summed E-state index contributed by atoms with van der Waals surface area (Å²) in [5, 5.41) is 25.4. The molecule has 0 saturated heterocycles. The second-order valence-electron chi connectivity index (χ2n) is 7.52. The van der Waals surface area contributed by atoms with Crippen molar-refractivity contribution in [1.82, 2.24) is 16.0 Å². The SMILES string of the molecule is CC(N)C(=O)NC(CC(N)=O)C(=O)NC(Cc1ccc(O)cc1)C(=O)NC(CC(N)=O)C(=O)O. The maximum absolute atomic E-state index is 12.8. The standard InChI is InChI=1S/C20H28N6O8/c1-9(21)17(30)24-13(7-15(22)28)19(32)25-12(6-10-2-4-11(27)5-3-10)18(31)26-14(20(33)34)8-16(23)29/h2-5,9,12-14,27H,6-8,21H2,1H3,(H2,22,28)(H2,23,29)(H,24,30)(H,25,32)(H,26,31)(H,33,34). The number of carbonyl (C=O) groups is 6. The van der Waals surface area contributed by atoms with Crippen LogP contribution in [0.5, 0.6) is 5.75 Å². The summed E-state index contributed by atoms with van der Waals surface area (Å²) in [7, 11) is 0. The van der Waals surface area contributed by atoms with E-state index in [0.29, 0.717) is 5.56 Å². The van der Waals surface area contributed by atoms with Crippen molar-refractivity contribution >= 4 is 35.5 Å². The predicted octanol–water partition coefficient (Wildman–Crippen LogP) is -3.43. The Kier molecular flexibility index (Phi) is 10.4. The van der Waals surface area contributed by atoms with Crippen LogP contribution in [0.4, 0.5) is 0 Å². The van der Waals surface area contributed by atoms with Crippen LogP contribution in [0, 0.1) is 0 Å². The minimum absolute atomic E-state index is 0.0543. The van der Waals surface area contributed by atoms with E-state index in [1.54, 1.807) is 0 Å². The number of carbonyl (C=O) groups excluding carboxylic acids is 5. The van der Waals surface area contributed by atoms with Crippen molar-refractivity contribution in [2.45, 2.75) is 50.4 Å². The summed E-state index contributed by atoms with van der Waals surface area (Å²) in [5.41, 5.74) is 16.1. The van der Waals surface area contributed by atoms with Crippen molar-refractivity contribution in [2.24, 2.45) is 17.2 Å². The molecule has 1 aromatic rings. The molecular formula is C20H28N6O8. The van der Waals surface area contributed by atoms with E-state index in [9.17, 15) is 39.0 Å². The lowest BCUT2D eigenvalue weighted by atomic mass is 10.0. The van der Waals surface area contributed by atoms with Gasteiger partial charge in [0.15, 0.2) is 0 Å². The summed E-state index contributed by atoms with van der Waals surface area (Å²) >= 11 is 0. The minimum Gasteiger partial charge on any atom is -0.508 e. The summed E-state index contributed by atoms with van der Waals surface area (Å²) in [6.45, 7) is 1.35. The van der Waals surface area contributed by atoms with Gasteiger partial charge in [0, 0.05) is 6.42 Å². The third-order valence-corrected chi connectivity index (χ3v) is 4.48. The first-order valence-corrected chi connectivity index (χ1v) is 10.0. The molecule has 0 heterocycles. The highest BCUT2D eigenvalue weighted by Crippen LogP contribution is 2.12. The zero-order valence-corrected chi connectivity index (χ0v) is 18.3. The van der Waals surface area contributed by atoms with Crippen LogP contribution in [-0.2, 0) is 35.2 Å². The van der Waals surface area contributed by atoms with Crippen LogP contribution in [0.25, 0.3) is 0 Å². The van der Waals surface area contributed by atoms with Gasteiger partial charge in [-0.2, -0.15) is 0 Å². The number of hydrogen-bond acceptors (Lipinski definition) is 8. The van der Waals surface area contributed by atoms with Crippen LogP contribution in [0.1, 0.15) is 25.3 Å².